The maximum atomic E-state index is 12.6. The minimum absolute atomic E-state index is 0.0109. The predicted molar refractivity (Wildman–Crippen MR) is 90.6 cm³/mol. The van der Waals surface area contributed by atoms with Crippen molar-refractivity contribution in [1.29, 1.82) is 0 Å². The molecule has 1 aliphatic carbocycles. The average Bonchev–Trinajstić information content (AvgIpc) is 3.16. The van der Waals surface area contributed by atoms with Crippen molar-refractivity contribution in [3.63, 3.8) is 0 Å². The lowest BCUT2D eigenvalue weighted by atomic mass is 9.98. The third-order valence-electron chi connectivity index (χ3n) is 5.70. The summed E-state index contributed by atoms with van der Waals surface area (Å²) < 4.78 is 0. The molecule has 5 nitrogen and oxygen atoms in total. The number of amides is 1. The van der Waals surface area contributed by atoms with E-state index in [0.717, 1.165) is 35.3 Å². The fraction of sp³-hybridized carbons (Fsp3) is 0.500. The molecule has 2 aromatic rings. The molecule has 2 heterocycles. The van der Waals surface area contributed by atoms with E-state index in [1.165, 1.54) is 10.9 Å². The molecule has 0 spiro atoms. The number of aliphatic hydroxyl groups is 1. The Bertz CT molecular complexity index is 793. The third-order valence-corrected chi connectivity index (χ3v) is 5.70. The van der Waals surface area contributed by atoms with E-state index in [-0.39, 0.29) is 30.0 Å². The molecule has 122 valence electrons. The summed E-state index contributed by atoms with van der Waals surface area (Å²) in [6.45, 7) is 6.22. The Kier molecular flexibility index (Phi) is 3.25. The van der Waals surface area contributed by atoms with Crippen molar-refractivity contribution < 1.29 is 9.90 Å². The second-order valence-corrected chi connectivity index (χ2v) is 7.07. The summed E-state index contributed by atoms with van der Waals surface area (Å²) in [5.41, 5.74) is 5.47. The van der Waals surface area contributed by atoms with E-state index in [0.29, 0.717) is 0 Å². The second-order valence-electron chi connectivity index (χ2n) is 7.07. The maximum Gasteiger partial charge on any atom is 0.241 e. The number of fused-ring (bicyclic) bond motifs is 3. The molecule has 4 N–H and O–H groups in total. The lowest BCUT2D eigenvalue weighted by molar-refractivity contribution is -0.119. The van der Waals surface area contributed by atoms with E-state index in [1.54, 1.807) is 0 Å². The first kappa shape index (κ1) is 14.7. The van der Waals surface area contributed by atoms with Crippen LogP contribution in [0.15, 0.2) is 12.1 Å². The fourth-order valence-electron chi connectivity index (χ4n) is 4.29. The molecule has 0 unspecified atom stereocenters. The summed E-state index contributed by atoms with van der Waals surface area (Å²) in [5.74, 6) is 0.257. The SMILES string of the molecule is Cc1[nH]c2ccc(NC(=O)[C@@H]3N[C@@H]4C[C@H]3C[C@H]4O)c(C)c2c1C. The Labute approximate surface area is 135 Å². The van der Waals surface area contributed by atoms with Gasteiger partial charge in [-0.2, -0.15) is 0 Å². The number of aromatic amines is 1. The zero-order valence-electron chi connectivity index (χ0n) is 13.7. The molecule has 2 fully saturated rings. The molecule has 4 atom stereocenters. The Morgan fingerprint density at radius 3 is 2.65 bits per heavy atom. The highest BCUT2D eigenvalue weighted by Gasteiger charge is 2.47. The van der Waals surface area contributed by atoms with E-state index >= 15 is 0 Å². The number of carbonyl (C=O) groups is 1. The van der Waals surface area contributed by atoms with Crippen LogP contribution >= 0.6 is 0 Å². The minimum Gasteiger partial charge on any atom is -0.391 e. The van der Waals surface area contributed by atoms with Crippen LogP contribution in [0.3, 0.4) is 0 Å². The van der Waals surface area contributed by atoms with Gasteiger partial charge in [-0.15, -0.1) is 0 Å². The molecule has 1 aromatic heterocycles. The first-order valence-electron chi connectivity index (χ1n) is 8.29. The fourth-order valence-corrected chi connectivity index (χ4v) is 4.29. The molecule has 1 saturated heterocycles. The van der Waals surface area contributed by atoms with Crippen molar-refractivity contribution in [3.8, 4) is 0 Å². The van der Waals surface area contributed by atoms with Crippen LogP contribution in [0, 0.1) is 26.7 Å². The summed E-state index contributed by atoms with van der Waals surface area (Å²) >= 11 is 0. The van der Waals surface area contributed by atoms with Gasteiger partial charge in [-0.25, -0.2) is 0 Å². The first-order chi connectivity index (χ1) is 11.0. The number of rotatable bonds is 2. The molecular formula is C18H23N3O2. The number of aromatic nitrogens is 1. The number of hydrogen-bond acceptors (Lipinski definition) is 3. The molecule has 5 heteroatoms. The van der Waals surface area contributed by atoms with Gasteiger partial charge in [-0.1, -0.05) is 0 Å². The molecule has 2 bridgehead atoms. The van der Waals surface area contributed by atoms with Crippen LogP contribution in [0.4, 0.5) is 5.69 Å². The van der Waals surface area contributed by atoms with Gasteiger partial charge in [-0.3, -0.25) is 4.79 Å². The summed E-state index contributed by atoms with van der Waals surface area (Å²) in [4.78, 5) is 16.0. The van der Waals surface area contributed by atoms with Crippen LogP contribution in [0.2, 0.25) is 0 Å². The van der Waals surface area contributed by atoms with Crippen molar-refractivity contribution >= 4 is 22.5 Å². The van der Waals surface area contributed by atoms with E-state index in [1.807, 2.05) is 12.1 Å². The highest BCUT2D eigenvalue weighted by atomic mass is 16.3. The second kappa shape index (κ2) is 5.08. The van der Waals surface area contributed by atoms with Gasteiger partial charge in [-0.05, 0) is 62.8 Å². The normalized spacial score (nSPS) is 29.4. The van der Waals surface area contributed by atoms with E-state index in [2.05, 4.69) is 36.4 Å². The number of anilines is 1. The van der Waals surface area contributed by atoms with Gasteiger partial charge in [0.05, 0.1) is 12.1 Å². The highest BCUT2D eigenvalue weighted by Crippen LogP contribution is 2.36. The van der Waals surface area contributed by atoms with Crippen LogP contribution in [-0.4, -0.2) is 34.2 Å². The van der Waals surface area contributed by atoms with Gasteiger partial charge in [0.25, 0.3) is 0 Å². The minimum atomic E-state index is -0.299. The topological polar surface area (TPSA) is 77.2 Å². The standard InChI is InChI=1S/C18H23N3O2/c1-8-10(3)19-13-5-4-12(9(2)16(8)13)21-18(23)17-11-6-14(20-17)15(22)7-11/h4-5,11,14-15,17,19-20,22H,6-7H2,1-3H3,(H,21,23)/t11-,14+,15+,17+/m0/s1. The Morgan fingerprint density at radius 1 is 1.22 bits per heavy atom. The molecule has 1 amide bonds. The van der Waals surface area contributed by atoms with Gasteiger partial charge in [0.1, 0.15) is 0 Å². The maximum absolute atomic E-state index is 12.6. The summed E-state index contributed by atoms with van der Waals surface area (Å²) in [7, 11) is 0. The number of nitrogens with one attached hydrogen (secondary N) is 3. The molecule has 1 saturated carbocycles. The number of aliphatic hydroxyl groups excluding tert-OH is 1. The largest absolute Gasteiger partial charge is 0.391 e. The third kappa shape index (κ3) is 2.18. The van der Waals surface area contributed by atoms with Gasteiger partial charge >= 0.3 is 0 Å². The number of aryl methyl sites for hydroxylation is 3. The summed E-state index contributed by atoms with van der Waals surface area (Å²) in [6, 6.07) is 3.88. The molecule has 0 radical (unpaired) electrons. The molecule has 2 aliphatic rings. The lowest BCUT2D eigenvalue weighted by Crippen LogP contribution is -2.49. The van der Waals surface area contributed by atoms with E-state index < -0.39 is 0 Å². The van der Waals surface area contributed by atoms with Crippen LogP contribution < -0.4 is 10.6 Å². The molecule has 1 aromatic carbocycles. The Balaban J connectivity index is 1.60. The van der Waals surface area contributed by atoms with Crippen LogP contribution in [0.5, 0.6) is 0 Å². The number of H-pyrrole nitrogens is 1. The predicted octanol–water partition coefficient (Wildman–Crippen LogP) is 2.14. The number of carbonyl (C=O) groups excluding carboxylic acids is 1. The number of benzene rings is 1. The van der Waals surface area contributed by atoms with E-state index in [9.17, 15) is 9.90 Å². The zero-order valence-corrected chi connectivity index (χ0v) is 13.7. The average molecular weight is 313 g/mol. The zero-order chi connectivity index (χ0) is 16.3. The van der Waals surface area contributed by atoms with Crippen molar-refractivity contribution in [2.75, 3.05) is 5.32 Å². The first-order valence-corrected chi connectivity index (χ1v) is 8.29. The van der Waals surface area contributed by atoms with Crippen molar-refractivity contribution in [1.82, 2.24) is 10.3 Å². The van der Waals surface area contributed by atoms with Gasteiger partial charge in [0.15, 0.2) is 0 Å². The van der Waals surface area contributed by atoms with Crippen LogP contribution in [0.1, 0.15) is 29.7 Å². The Morgan fingerprint density at radius 2 is 2.00 bits per heavy atom. The van der Waals surface area contributed by atoms with Crippen molar-refractivity contribution in [3.05, 3.63) is 29.0 Å². The van der Waals surface area contributed by atoms with Gasteiger partial charge in [0.2, 0.25) is 5.91 Å². The quantitative estimate of drug-likeness (QED) is 0.686. The summed E-state index contributed by atoms with van der Waals surface area (Å²) in [6.07, 6.45) is 1.32. The van der Waals surface area contributed by atoms with Crippen molar-refractivity contribution in [2.24, 2.45) is 5.92 Å². The van der Waals surface area contributed by atoms with Gasteiger partial charge < -0.3 is 20.7 Å². The summed E-state index contributed by atoms with van der Waals surface area (Å²) in [5, 5.41) is 17.3. The van der Waals surface area contributed by atoms with Gasteiger partial charge in [0, 0.05) is 28.3 Å². The van der Waals surface area contributed by atoms with E-state index in [4.69, 9.17) is 0 Å². The monoisotopic (exact) mass is 313 g/mol. The van der Waals surface area contributed by atoms with Crippen LogP contribution in [0.25, 0.3) is 10.9 Å². The number of hydrogen-bond donors (Lipinski definition) is 4. The van der Waals surface area contributed by atoms with Crippen LogP contribution in [-0.2, 0) is 4.79 Å². The molecule has 1 aliphatic heterocycles. The van der Waals surface area contributed by atoms with Crippen molar-refractivity contribution in [2.45, 2.75) is 51.8 Å². The Hall–Kier alpha value is -1.85. The lowest BCUT2D eigenvalue weighted by Gasteiger charge is -2.26. The molecule has 4 rings (SSSR count). The molecular weight excluding hydrogens is 290 g/mol. The smallest absolute Gasteiger partial charge is 0.241 e. The number of piperidine rings is 1. The molecule has 23 heavy (non-hydrogen) atoms. The highest BCUT2D eigenvalue weighted by molar-refractivity contribution is 6.00.